The number of hydrogen-bond acceptors (Lipinski definition) is 12. The highest BCUT2D eigenvalue weighted by atomic mass is 16.8. The van der Waals surface area contributed by atoms with E-state index in [2.05, 4.69) is 0 Å². The van der Waals surface area contributed by atoms with E-state index in [0.717, 1.165) is 12.3 Å². The summed E-state index contributed by atoms with van der Waals surface area (Å²) in [6.45, 7) is -2.07. The van der Waals surface area contributed by atoms with Crippen molar-refractivity contribution in [3.63, 3.8) is 0 Å². The van der Waals surface area contributed by atoms with Crippen LogP contribution in [0.3, 0.4) is 0 Å². The standard InChI is InChI=1S/C15H25NO12/c16-8(19)1-2-25-5-15(13(24)10(21)7(4-18)27-15)28-14-12(23)11(22)9(20)6(3-17)26-14/h1-2,6-7,9-14,17-18,20-24H,3-5H2,(H2,16,19)/t6-,7-,9-,10-,11+,12-,13+,14-,15+/m1/s1. The zero-order chi connectivity index (χ0) is 21.1. The smallest absolute Gasteiger partial charge is 0.244 e. The highest BCUT2D eigenvalue weighted by Crippen LogP contribution is 2.36. The normalized spacial score (nSPS) is 44.1. The predicted octanol–water partition coefficient (Wildman–Crippen LogP) is -5.37. The SMILES string of the molecule is NC(=O)C=COC[C@@]1(O[C@H]2O[C@H](CO)[C@@H](O)[C@H](O)[C@H]2O)O[C@H](CO)[C@@H](O)[C@@H]1O. The van der Waals surface area contributed by atoms with E-state index in [1.54, 1.807) is 0 Å². The Labute approximate surface area is 159 Å². The van der Waals surface area contributed by atoms with Crippen molar-refractivity contribution in [3.05, 3.63) is 12.3 Å². The van der Waals surface area contributed by atoms with E-state index in [9.17, 15) is 40.5 Å². The first-order valence-corrected chi connectivity index (χ1v) is 8.37. The van der Waals surface area contributed by atoms with Crippen molar-refractivity contribution in [1.29, 1.82) is 0 Å². The van der Waals surface area contributed by atoms with Gasteiger partial charge in [0, 0.05) is 6.08 Å². The van der Waals surface area contributed by atoms with E-state index < -0.39 is 80.5 Å². The van der Waals surface area contributed by atoms with E-state index in [1.807, 2.05) is 0 Å². The van der Waals surface area contributed by atoms with Crippen LogP contribution in [0, 0.1) is 0 Å². The monoisotopic (exact) mass is 411 g/mol. The zero-order valence-corrected chi connectivity index (χ0v) is 14.6. The van der Waals surface area contributed by atoms with Gasteiger partial charge >= 0.3 is 0 Å². The second kappa shape index (κ2) is 9.41. The molecule has 162 valence electrons. The molecule has 2 aliphatic heterocycles. The Bertz CT molecular complexity index is 559. The lowest BCUT2D eigenvalue weighted by Gasteiger charge is -2.43. The molecule has 0 radical (unpaired) electrons. The number of ether oxygens (including phenoxy) is 4. The summed E-state index contributed by atoms with van der Waals surface area (Å²) in [5, 5.41) is 68.7. The third-order valence-corrected chi connectivity index (χ3v) is 4.46. The van der Waals surface area contributed by atoms with Gasteiger partial charge in [0.15, 0.2) is 6.29 Å². The summed E-state index contributed by atoms with van der Waals surface area (Å²) >= 11 is 0. The van der Waals surface area contributed by atoms with Gasteiger partial charge in [-0.25, -0.2) is 0 Å². The minimum Gasteiger partial charge on any atom is -0.495 e. The average Bonchev–Trinajstić information content (AvgIpc) is 2.90. The van der Waals surface area contributed by atoms with Crippen molar-refractivity contribution in [2.75, 3.05) is 19.8 Å². The molecule has 1 amide bonds. The number of primary amides is 1. The Morgan fingerprint density at radius 3 is 2.18 bits per heavy atom. The lowest BCUT2D eigenvalue weighted by Crippen LogP contribution is -2.62. The van der Waals surface area contributed by atoms with Crippen LogP contribution in [0.15, 0.2) is 12.3 Å². The molecule has 2 rings (SSSR count). The van der Waals surface area contributed by atoms with E-state index in [0.29, 0.717) is 0 Å². The van der Waals surface area contributed by atoms with Crippen LogP contribution < -0.4 is 5.73 Å². The first-order chi connectivity index (χ1) is 13.2. The molecule has 2 saturated heterocycles. The number of carbonyl (C=O) groups excluding carboxylic acids is 1. The molecule has 9 N–H and O–H groups in total. The Morgan fingerprint density at radius 1 is 1.00 bits per heavy atom. The molecular formula is C15H25NO12. The first-order valence-electron chi connectivity index (χ1n) is 8.37. The van der Waals surface area contributed by atoms with Crippen LogP contribution in [0.4, 0.5) is 0 Å². The predicted molar refractivity (Wildman–Crippen MR) is 85.8 cm³/mol. The molecule has 28 heavy (non-hydrogen) atoms. The number of aliphatic hydroxyl groups is 7. The van der Waals surface area contributed by atoms with Crippen LogP contribution in [-0.4, -0.2) is 116 Å². The van der Waals surface area contributed by atoms with Crippen LogP contribution >= 0.6 is 0 Å². The van der Waals surface area contributed by atoms with Crippen molar-refractivity contribution >= 4 is 5.91 Å². The Balaban J connectivity index is 2.23. The van der Waals surface area contributed by atoms with Gasteiger partial charge in [0.05, 0.1) is 19.5 Å². The number of amides is 1. The summed E-state index contributed by atoms with van der Waals surface area (Å²) in [5.41, 5.74) is 4.92. The lowest BCUT2D eigenvalue weighted by atomic mass is 9.99. The maximum atomic E-state index is 10.7. The van der Waals surface area contributed by atoms with Crippen LogP contribution in [0.2, 0.25) is 0 Å². The Hall–Kier alpha value is -1.39. The molecule has 13 nitrogen and oxygen atoms in total. The van der Waals surface area contributed by atoms with Gasteiger partial charge in [-0.3, -0.25) is 4.79 Å². The quantitative estimate of drug-likeness (QED) is 0.138. The molecule has 0 spiro atoms. The van der Waals surface area contributed by atoms with Gasteiger partial charge in [-0.2, -0.15) is 0 Å². The lowest BCUT2D eigenvalue weighted by molar-refractivity contribution is -0.383. The Morgan fingerprint density at radius 2 is 1.64 bits per heavy atom. The average molecular weight is 411 g/mol. The van der Waals surface area contributed by atoms with Gasteiger partial charge in [0.25, 0.3) is 0 Å². The van der Waals surface area contributed by atoms with Crippen LogP contribution in [0.1, 0.15) is 0 Å². The van der Waals surface area contributed by atoms with Gasteiger partial charge in [0.1, 0.15) is 49.3 Å². The van der Waals surface area contributed by atoms with Crippen LogP contribution in [-0.2, 0) is 23.7 Å². The van der Waals surface area contributed by atoms with E-state index in [4.69, 9.17) is 24.7 Å². The molecule has 9 atom stereocenters. The first kappa shape index (κ1) is 22.9. The number of rotatable bonds is 8. The minimum atomic E-state index is -2.21. The number of carbonyl (C=O) groups is 1. The van der Waals surface area contributed by atoms with Crippen molar-refractivity contribution in [2.45, 2.75) is 54.8 Å². The molecule has 0 aromatic carbocycles. The molecule has 2 aliphatic rings. The maximum absolute atomic E-state index is 10.7. The van der Waals surface area contributed by atoms with Gasteiger partial charge in [-0.05, 0) is 0 Å². The molecule has 0 aromatic heterocycles. The second-order valence-electron chi connectivity index (χ2n) is 6.42. The van der Waals surface area contributed by atoms with Gasteiger partial charge < -0.3 is 60.4 Å². The largest absolute Gasteiger partial charge is 0.495 e. The highest BCUT2D eigenvalue weighted by molar-refractivity contribution is 5.85. The molecule has 2 heterocycles. The summed E-state index contributed by atoms with van der Waals surface area (Å²) in [5.74, 6) is -3.03. The van der Waals surface area contributed by atoms with Gasteiger partial charge in [-0.15, -0.1) is 0 Å². The van der Waals surface area contributed by atoms with Crippen molar-refractivity contribution in [2.24, 2.45) is 5.73 Å². The fraction of sp³-hybridized carbons (Fsp3) is 0.800. The molecule has 0 unspecified atom stereocenters. The van der Waals surface area contributed by atoms with Crippen LogP contribution in [0.5, 0.6) is 0 Å². The van der Waals surface area contributed by atoms with Gasteiger partial charge in [-0.1, -0.05) is 0 Å². The van der Waals surface area contributed by atoms with Crippen molar-refractivity contribution < 1.29 is 59.5 Å². The topological polar surface area (TPSA) is 222 Å². The van der Waals surface area contributed by atoms with Gasteiger partial charge in [0.2, 0.25) is 11.7 Å². The summed E-state index contributed by atoms with van der Waals surface area (Å²) in [6, 6.07) is 0. The third-order valence-electron chi connectivity index (χ3n) is 4.46. The summed E-state index contributed by atoms with van der Waals surface area (Å²) < 4.78 is 21.1. The molecule has 0 aliphatic carbocycles. The molecule has 2 fully saturated rings. The molecule has 0 saturated carbocycles. The zero-order valence-electron chi connectivity index (χ0n) is 14.6. The van der Waals surface area contributed by atoms with Crippen molar-refractivity contribution in [1.82, 2.24) is 0 Å². The number of nitrogens with two attached hydrogens (primary N) is 1. The van der Waals surface area contributed by atoms with Crippen molar-refractivity contribution in [3.8, 4) is 0 Å². The minimum absolute atomic E-state index is 0.652. The molecule has 0 aromatic rings. The van der Waals surface area contributed by atoms with E-state index in [-0.39, 0.29) is 0 Å². The number of hydrogen-bond donors (Lipinski definition) is 8. The van der Waals surface area contributed by atoms with E-state index >= 15 is 0 Å². The fourth-order valence-corrected chi connectivity index (χ4v) is 2.90. The summed E-state index contributed by atoms with van der Waals surface area (Å²) in [7, 11) is 0. The highest BCUT2D eigenvalue weighted by Gasteiger charge is 2.59. The molecule has 0 bridgehead atoms. The van der Waals surface area contributed by atoms with E-state index in [1.165, 1.54) is 0 Å². The number of aliphatic hydroxyl groups excluding tert-OH is 7. The second-order valence-corrected chi connectivity index (χ2v) is 6.42. The Kier molecular flexibility index (Phi) is 7.69. The fourth-order valence-electron chi connectivity index (χ4n) is 2.90. The summed E-state index contributed by atoms with van der Waals surface area (Å²) in [6.07, 6.45) is -11.2. The molecular weight excluding hydrogens is 386 g/mol. The maximum Gasteiger partial charge on any atom is 0.244 e. The molecule has 13 heteroatoms. The van der Waals surface area contributed by atoms with Crippen LogP contribution in [0.25, 0.3) is 0 Å². The third kappa shape index (κ3) is 4.60. The summed E-state index contributed by atoms with van der Waals surface area (Å²) in [4.78, 5) is 10.7.